The third-order valence-corrected chi connectivity index (χ3v) is 5.38. The Labute approximate surface area is 190 Å². The number of hydrogen-bond donors (Lipinski definition) is 2. The number of alkyl halides is 5. The minimum absolute atomic E-state index is 0.0318. The summed E-state index contributed by atoms with van der Waals surface area (Å²) in [6.45, 7) is -1.03. The Balaban J connectivity index is 1.66. The largest absolute Gasteiger partial charge is 0.573 e. The van der Waals surface area contributed by atoms with Crippen LogP contribution in [0.25, 0.3) is 16.8 Å². The molecule has 13 heteroatoms. The number of anilines is 1. The Morgan fingerprint density at radius 3 is 2.76 bits per heavy atom. The number of halogens is 5. The van der Waals surface area contributed by atoms with Gasteiger partial charge >= 0.3 is 13.0 Å². The number of nitrogens with one attached hydrogen (secondary N) is 1. The van der Waals surface area contributed by atoms with E-state index in [0.717, 1.165) is 37.6 Å². The molecule has 1 saturated heterocycles. The number of likely N-dealkylation sites (tertiary alicyclic amines) is 1. The number of aromatic nitrogens is 3. The van der Waals surface area contributed by atoms with Crippen molar-refractivity contribution >= 4 is 11.5 Å². The molecule has 8 nitrogen and oxygen atoms in total. The summed E-state index contributed by atoms with van der Waals surface area (Å²) in [5.74, 6) is -0.802. The van der Waals surface area contributed by atoms with Crippen LogP contribution >= 0.6 is 0 Å². The first-order valence-electron chi connectivity index (χ1n) is 10.5. The first-order valence-corrected chi connectivity index (χ1v) is 10.5. The topological polar surface area (TPSA) is 84.2 Å². The van der Waals surface area contributed by atoms with E-state index in [1.165, 1.54) is 0 Å². The van der Waals surface area contributed by atoms with Gasteiger partial charge in [-0.15, -0.1) is 23.4 Å². The maximum Gasteiger partial charge on any atom is 0.573 e. The normalized spacial score (nSPS) is 17.3. The monoisotopic (exact) mass is 487 g/mol. The first-order chi connectivity index (χ1) is 16.2. The highest BCUT2D eigenvalue weighted by Crippen LogP contribution is 2.37. The molecule has 0 spiro atoms. The van der Waals surface area contributed by atoms with Crippen molar-refractivity contribution in [3.8, 4) is 22.8 Å². The fourth-order valence-electron chi connectivity index (χ4n) is 4.03. The first kappa shape index (κ1) is 24.0. The van der Waals surface area contributed by atoms with Crippen LogP contribution in [0.5, 0.6) is 11.5 Å². The molecule has 0 bridgehead atoms. The van der Waals surface area contributed by atoms with E-state index < -0.39 is 24.5 Å². The van der Waals surface area contributed by atoms with Crippen LogP contribution in [0.2, 0.25) is 0 Å². The van der Waals surface area contributed by atoms with Gasteiger partial charge in [-0.3, -0.25) is 9.30 Å². The van der Waals surface area contributed by atoms with Crippen LogP contribution in [0.15, 0.2) is 36.5 Å². The zero-order chi connectivity index (χ0) is 24.3. The van der Waals surface area contributed by atoms with Crippen LogP contribution < -0.4 is 14.8 Å². The molecule has 1 aliphatic rings. The van der Waals surface area contributed by atoms with Crippen molar-refractivity contribution in [2.24, 2.45) is 0 Å². The molecule has 34 heavy (non-hydrogen) atoms. The van der Waals surface area contributed by atoms with E-state index in [9.17, 15) is 27.1 Å². The fourth-order valence-corrected chi connectivity index (χ4v) is 4.03. The predicted molar refractivity (Wildman–Crippen MR) is 112 cm³/mol. The summed E-state index contributed by atoms with van der Waals surface area (Å²) in [7, 11) is 0. The second-order valence-electron chi connectivity index (χ2n) is 7.73. The van der Waals surface area contributed by atoms with Crippen molar-refractivity contribution in [2.45, 2.75) is 31.9 Å². The molecule has 1 aliphatic heterocycles. The standard InChI is InChI=1S/C21H22F5N5O3/c22-19(23)33-17-11-14(34-21(24,25)26)5-6-15(17)18-16-4-2-8-31(16)20(29-28-18)27-13-3-1-7-30(12-13)9-10-32/h2,4-6,8,11,13,19,32H,1,3,7,9-10,12H2,(H,27,29)/t13-/m1/s1. The van der Waals surface area contributed by atoms with Gasteiger partial charge in [0.25, 0.3) is 0 Å². The van der Waals surface area contributed by atoms with Crippen molar-refractivity contribution in [1.82, 2.24) is 19.5 Å². The Hall–Kier alpha value is -3.19. The summed E-state index contributed by atoms with van der Waals surface area (Å²) in [5.41, 5.74) is 0.670. The van der Waals surface area contributed by atoms with E-state index in [-0.39, 0.29) is 23.9 Å². The Bertz CT molecular complexity index is 1120. The smallest absolute Gasteiger partial charge is 0.434 e. The molecule has 2 N–H and O–H groups in total. The van der Waals surface area contributed by atoms with Crippen LogP contribution in [0.4, 0.5) is 27.9 Å². The van der Waals surface area contributed by atoms with Crippen molar-refractivity contribution < 1.29 is 36.5 Å². The third kappa shape index (κ3) is 5.65. The van der Waals surface area contributed by atoms with E-state index in [2.05, 4.69) is 29.9 Å². The number of fused-ring (bicyclic) bond motifs is 1. The predicted octanol–water partition coefficient (Wildman–Crippen LogP) is 3.76. The Morgan fingerprint density at radius 2 is 2.03 bits per heavy atom. The van der Waals surface area contributed by atoms with E-state index in [1.54, 1.807) is 22.7 Å². The van der Waals surface area contributed by atoms with Crippen LogP contribution in [0.3, 0.4) is 0 Å². The van der Waals surface area contributed by atoms with Gasteiger partial charge in [0.2, 0.25) is 5.95 Å². The zero-order valence-corrected chi connectivity index (χ0v) is 17.8. The molecule has 0 saturated carbocycles. The van der Waals surface area contributed by atoms with Crippen molar-refractivity contribution in [1.29, 1.82) is 0 Å². The Kier molecular flexibility index (Phi) is 7.03. The summed E-state index contributed by atoms with van der Waals surface area (Å²) < 4.78 is 73.7. The Morgan fingerprint density at radius 1 is 1.21 bits per heavy atom. The lowest BCUT2D eigenvalue weighted by molar-refractivity contribution is -0.274. The van der Waals surface area contributed by atoms with Crippen molar-refractivity contribution in [3.63, 3.8) is 0 Å². The number of piperidine rings is 1. The highest BCUT2D eigenvalue weighted by molar-refractivity contribution is 5.81. The van der Waals surface area contributed by atoms with Gasteiger partial charge in [-0.25, -0.2) is 0 Å². The fraction of sp³-hybridized carbons (Fsp3) is 0.429. The molecule has 0 unspecified atom stereocenters. The lowest BCUT2D eigenvalue weighted by Crippen LogP contribution is -2.43. The molecule has 4 rings (SSSR count). The summed E-state index contributed by atoms with van der Waals surface area (Å²) in [6, 6.07) is 6.34. The number of nitrogens with zero attached hydrogens (tertiary/aromatic N) is 4. The summed E-state index contributed by atoms with van der Waals surface area (Å²) in [4.78, 5) is 2.13. The molecule has 2 aromatic heterocycles. The molecule has 0 aliphatic carbocycles. The van der Waals surface area contributed by atoms with Crippen molar-refractivity contribution in [2.75, 3.05) is 31.6 Å². The number of aliphatic hydroxyl groups is 1. The van der Waals surface area contributed by atoms with E-state index in [0.29, 0.717) is 24.6 Å². The van der Waals surface area contributed by atoms with Crippen molar-refractivity contribution in [3.05, 3.63) is 36.5 Å². The minimum Gasteiger partial charge on any atom is -0.434 e. The summed E-state index contributed by atoms with van der Waals surface area (Å²) >= 11 is 0. The third-order valence-electron chi connectivity index (χ3n) is 5.38. The highest BCUT2D eigenvalue weighted by Gasteiger charge is 2.32. The number of benzene rings is 1. The molecule has 0 radical (unpaired) electrons. The van der Waals surface area contributed by atoms with Crippen LogP contribution in [-0.4, -0.2) is 69.9 Å². The van der Waals surface area contributed by atoms with Gasteiger partial charge in [-0.05, 0) is 43.7 Å². The van der Waals surface area contributed by atoms with Crippen LogP contribution in [-0.2, 0) is 0 Å². The SMILES string of the molecule is OCCN1CCC[C@@H](Nc2nnc(-c3ccc(OC(F)(F)F)cc3OC(F)F)c3cccn23)C1. The van der Waals surface area contributed by atoms with Crippen LogP contribution in [0, 0.1) is 0 Å². The van der Waals surface area contributed by atoms with Gasteiger partial charge in [-0.2, -0.15) is 8.78 Å². The van der Waals surface area contributed by atoms with E-state index in [1.807, 2.05) is 0 Å². The van der Waals surface area contributed by atoms with E-state index in [4.69, 9.17) is 0 Å². The van der Waals surface area contributed by atoms with Gasteiger partial charge in [0.15, 0.2) is 0 Å². The number of ether oxygens (including phenoxy) is 2. The average molecular weight is 487 g/mol. The quantitative estimate of drug-likeness (QED) is 0.468. The molecular weight excluding hydrogens is 465 g/mol. The number of β-amino-alcohol motifs (C(OH)–C–C–N with tert-alkyl or cyclic N) is 1. The molecule has 3 heterocycles. The van der Waals surface area contributed by atoms with Crippen LogP contribution in [0.1, 0.15) is 12.8 Å². The molecule has 184 valence electrons. The number of rotatable bonds is 8. The summed E-state index contributed by atoms with van der Waals surface area (Å²) in [6.07, 6.45) is -1.45. The molecule has 1 aromatic carbocycles. The average Bonchev–Trinajstić information content (AvgIpc) is 3.24. The van der Waals surface area contributed by atoms with Gasteiger partial charge < -0.3 is 19.9 Å². The highest BCUT2D eigenvalue weighted by atomic mass is 19.4. The molecule has 0 amide bonds. The number of aliphatic hydroxyl groups excluding tert-OH is 1. The minimum atomic E-state index is -4.99. The maximum absolute atomic E-state index is 13.0. The second-order valence-corrected chi connectivity index (χ2v) is 7.73. The molecule has 3 aromatic rings. The molecule has 1 fully saturated rings. The summed E-state index contributed by atoms with van der Waals surface area (Å²) in [5, 5.41) is 20.9. The van der Waals surface area contributed by atoms with Gasteiger partial charge in [0.05, 0.1) is 12.1 Å². The van der Waals surface area contributed by atoms with Gasteiger partial charge in [-0.1, -0.05) is 0 Å². The zero-order valence-electron chi connectivity index (χ0n) is 17.8. The van der Waals surface area contributed by atoms with E-state index >= 15 is 0 Å². The van der Waals surface area contributed by atoms with Gasteiger partial charge in [0.1, 0.15) is 17.2 Å². The number of hydrogen-bond acceptors (Lipinski definition) is 7. The lowest BCUT2D eigenvalue weighted by Gasteiger charge is -2.32. The maximum atomic E-state index is 13.0. The second kappa shape index (κ2) is 9.97. The lowest BCUT2D eigenvalue weighted by atomic mass is 10.1. The molecule has 1 atom stereocenters. The molecular formula is C21H22F5N5O3. The van der Waals surface area contributed by atoms with Gasteiger partial charge in [0, 0.05) is 37.0 Å².